The summed E-state index contributed by atoms with van der Waals surface area (Å²) >= 11 is 8.03. The van der Waals surface area contributed by atoms with Crippen LogP contribution in [-0.4, -0.2) is 29.1 Å². The topological polar surface area (TPSA) is 101 Å². The standard InChI is InChI=1S/C13H16BrN5O2S/c1-3-21-12(20)11(8(2)16-19-13(15)22)18-17-10-7-5-4-6-9(10)14/h4-7,17H,3H2,1-2H3,(H3,15,19,22)/b16-8-,18-11-. The molecule has 0 spiro atoms. The highest BCUT2D eigenvalue weighted by atomic mass is 79.9. The molecule has 0 aromatic heterocycles. The first-order valence-corrected chi connectivity index (χ1v) is 7.51. The maximum atomic E-state index is 12.0. The molecule has 0 radical (unpaired) electrons. The highest BCUT2D eigenvalue weighted by Gasteiger charge is 2.17. The van der Waals surface area contributed by atoms with Gasteiger partial charge in [-0.1, -0.05) is 12.1 Å². The molecule has 0 bridgehead atoms. The molecule has 0 saturated heterocycles. The Bertz CT molecular complexity index is 618. The molecule has 1 aromatic carbocycles. The van der Waals surface area contributed by atoms with Crippen LogP contribution in [-0.2, 0) is 9.53 Å². The molecule has 0 aliphatic rings. The molecule has 1 aromatic rings. The molecule has 0 aliphatic heterocycles. The first-order valence-electron chi connectivity index (χ1n) is 6.31. The summed E-state index contributed by atoms with van der Waals surface area (Å²) in [7, 11) is 0. The third kappa shape index (κ3) is 5.78. The van der Waals surface area contributed by atoms with E-state index in [1.807, 2.05) is 18.2 Å². The molecule has 4 N–H and O–H groups in total. The lowest BCUT2D eigenvalue weighted by Gasteiger charge is -2.08. The smallest absolute Gasteiger partial charge is 0.360 e. The number of rotatable bonds is 6. The van der Waals surface area contributed by atoms with Crippen LogP contribution >= 0.6 is 28.1 Å². The van der Waals surface area contributed by atoms with Gasteiger partial charge in [0.05, 0.1) is 18.0 Å². The molecule has 118 valence electrons. The van der Waals surface area contributed by atoms with Gasteiger partial charge in [0.2, 0.25) is 0 Å². The van der Waals surface area contributed by atoms with Crippen LogP contribution in [0.1, 0.15) is 13.8 Å². The molecule has 7 nitrogen and oxygen atoms in total. The van der Waals surface area contributed by atoms with Crippen molar-refractivity contribution in [1.29, 1.82) is 0 Å². The van der Waals surface area contributed by atoms with Gasteiger partial charge < -0.3 is 10.5 Å². The van der Waals surface area contributed by atoms with Crippen molar-refractivity contribution in [1.82, 2.24) is 5.43 Å². The van der Waals surface area contributed by atoms with Gasteiger partial charge in [0, 0.05) is 4.47 Å². The van der Waals surface area contributed by atoms with Crippen LogP contribution in [0.25, 0.3) is 0 Å². The molecule has 0 saturated carbocycles. The quantitative estimate of drug-likeness (QED) is 0.299. The van der Waals surface area contributed by atoms with Crippen LogP contribution in [0.4, 0.5) is 5.69 Å². The molecule has 0 fully saturated rings. The predicted molar refractivity (Wildman–Crippen MR) is 94.9 cm³/mol. The van der Waals surface area contributed by atoms with Gasteiger partial charge >= 0.3 is 5.97 Å². The van der Waals surface area contributed by atoms with Gasteiger partial charge in [-0.2, -0.15) is 10.2 Å². The van der Waals surface area contributed by atoms with E-state index in [0.29, 0.717) is 5.69 Å². The number of hydrogen-bond donors (Lipinski definition) is 3. The van der Waals surface area contributed by atoms with E-state index in [4.69, 9.17) is 10.5 Å². The predicted octanol–water partition coefficient (Wildman–Crippen LogP) is 1.99. The summed E-state index contributed by atoms with van der Waals surface area (Å²) in [4.78, 5) is 12.0. The average molecular weight is 386 g/mol. The third-order valence-electron chi connectivity index (χ3n) is 2.31. The van der Waals surface area contributed by atoms with E-state index < -0.39 is 5.97 Å². The lowest BCUT2D eigenvalue weighted by molar-refractivity contribution is -0.134. The summed E-state index contributed by atoms with van der Waals surface area (Å²) in [6, 6.07) is 7.35. The van der Waals surface area contributed by atoms with Crippen LogP contribution in [0.5, 0.6) is 0 Å². The number of halogens is 1. The van der Waals surface area contributed by atoms with Gasteiger partial charge in [0.1, 0.15) is 0 Å². The van der Waals surface area contributed by atoms with Crippen LogP contribution in [0.2, 0.25) is 0 Å². The normalized spacial score (nSPS) is 11.8. The molecular weight excluding hydrogens is 370 g/mol. The van der Waals surface area contributed by atoms with Crippen molar-refractivity contribution in [3.8, 4) is 0 Å². The Kier molecular flexibility index (Phi) is 7.47. The highest BCUT2D eigenvalue weighted by Crippen LogP contribution is 2.21. The van der Waals surface area contributed by atoms with Crippen molar-refractivity contribution >= 4 is 56.3 Å². The number of nitrogens with two attached hydrogens (primary N) is 1. The second-order valence-corrected chi connectivity index (χ2v) is 5.24. The van der Waals surface area contributed by atoms with Gasteiger partial charge in [-0.15, -0.1) is 0 Å². The molecule has 0 aliphatic carbocycles. The monoisotopic (exact) mass is 385 g/mol. The number of nitrogens with one attached hydrogen (secondary N) is 2. The third-order valence-corrected chi connectivity index (χ3v) is 3.09. The number of anilines is 1. The fourth-order valence-corrected chi connectivity index (χ4v) is 1.75. The Balaban J connectivity index is 3.01. The second-order valence-electron chi connectivity index (χ2n) is 3.95. The van der Waals surface area contributed by atoms with Gasteiger partial charge in [-0.25, -0.2) is 4.79 Å². The first kappa shape index (κ1) is 18.1. The Hall–Kier alpha value is -2.00. The lowest BCUT2D eigenvalue weighted by atomic mass is 10.2. The number of thiocarbonyl (C=S) groups is 1. The van der Waals surface area contributed by atoms with Crippen molar-refractivity contribution in [2.45, 2.75) is 13.8 Å². The first-order chi connectivity index (χ1) is 10.5. The summed E-state index contributed by atoms with van der Waals surface area (Å²) in [5.41, 5.74) is 11.5. The fourth-order valence-electron chi connectivity index (χ4n) is 1.33. The molecule has 0 amide bonds. The summed E-state index contributed by atoms with van der Waals surface area (Å²) in [5, 5.41) is 7.92. The number of carbonyl (C=O) groups excluding carboxylic acids is 1. The van der Waals surface area contributed by atoms with Crippen molar-refractivity contribution < 1.29 is 9.53 Å². The molecule has 22 heavy (non-hydrogen) atoms. The Morgan fingerprint density at radius 3 is 2.68 bits per heavy atom. The number of benzene rings is 1. The largest absolute Gasteiger partial charge is 0.461 e. The summed E-state index contributed by atoms with van der Waals surface area (Å²) in [6.07, 6.45) is 0. The Labute approximate surface area is 142 Å². The van der Waals surface area contributed by atoms with E-state index in [9.17, 15) is 4.79 Å². The van der Waals surface area contributed by atoms with E-state index in [0.717, 1.165) is 4.47 Å². The summed E-state index contributed by atoms with van der Waals surface area (Å²) < 4.78 is 5.76. The van der Waals surface area contributed by atoms with Gasteiger partial charge in [-0.3, -0.25) is 10.9 Å². The number of hydrogen-bond acceptors (Lipinski definition) is 6. The van der Waals surface area contributed by atoms with E-state index in [1.54, 1.807) is 19.9 Å². The molecule has 9 heteroatoms. The fraction of sp³-hybridized carbons (Fsp3) is 0.231. The number of esters is 1. The zero-order valence-corrected chi connectivity index (χ0v) is 14.5. The van der Waals surface area contributed by atoms with Gasteiger partial charge in [-0.05, 0) is 54.1 Å². The minimum atomic E-state index is -0.604. The Morgan fingerprint density at radius 1 is 1.41 bits per heavy atom. The average Bonchev–Trinajstić information content (AvgIpc) is 2.47. The second kappa shape index (κ2) is 9.11. The number of hydrazone groups is 2. The van der Waals surface area contributed by atoms with Crippen molar-refractivity contribution in [2.24, 2.45) is 15.9 Å². The maximum Gasteiger partial charge on any atom is 0.360 e. The summed E-state index contributed by atoms with van der Waals surface area (Å²) in [6.45, 7) is 3.52. The van der Waals surface area contributed by atoms with Crippen molar-refractivity contribution in [3.05, 3.63) is 28.7 Å². The zero-order valence-electron chi connectivity index (χ0n) is 12.1. The Morgan fingerprint density at radius 2 is 2.09 bits per heavy atom. The zero-order chi connectivity index (χ0) is 16.5. The van der Waals surface area contributed by atoms with Gasteiger partial charge in [0.25, 0.3) is 0 Å². The molecule has 0 unspecified atom stereocenters. The lowest BCUT2D eigenvalue weighted by Crippen LogP contribution is -2.30. The van der Waals surface area contributed by atoms with E-state index >= 15 is 0 Å². The number of ether oxygens (including phenoxy) is 1. The minimum absolute atomic E-state index is 0.0127. The van der Waals surface area contributed by atoms with Crippen LogP contribution < -0.4 is 16.6 Å². The highest BCUT2D eigenvalue weighted by molar-refractivity contribution is 9.10. The van der Waals surface area contributed by atoms with Crippen molar-refractivity contribution in [2.75, 3.05) is 12.0 Å². The molecular formula is C13H16BrN5O2S. The maximum absolute atomic E-state index is 12.0. The molecule has 0 heterocycles. The minimum Gasteiger partial charge on any atom is -0.461 e. The van der Waals surface area contributed by atoms with E-state index in [-0.39, 0.29) is 23.1 Å². The SMILES string of the molecule is CCOC(=O)C(=N\Nc1ccccc1Br)/C(C)=N\NC(N)=S. The van der Waals surface area contributed by atoms with Crippen molar-refractivity contribution in [3.63, 3.8) is 0 Å². The van der Waals surface area contributed by atoms with Crippen LogP contribution in [0.3, 0.4) is 0 Å². The number of para-hydroxylation sites is 1. The van der Waals surface area contributed by atoms with Crippen LogP contribution in [0, 0.1) is 0 Å². The number of nitrogens with zero attached hydrogens (tertiary/aromatic N) is 2. The van der Waals surface area contributed by atoms with Gasteiger partial charge in [0.15, 0.2) is 10.8 Å². The summed E-state index contributed by atoms with van der Waals surface area (Å²) in [5.74, 6) is -0.604. The van der Waals surface area contributed by atoms with E-state index in [1.165, 1.54) is 0 Å². The number of carbonyl (C=O) groups is 1. The molecule has 1 rings (SSSR count). The van der Waals surface area contributed by atoms with E-state index in [2.05, 4.69) is 49.2 Å². The molecule has 0 atom stereocenters. The van der Waals surface area contributed by atoms with Crippen LogP contribution in [0.15, 0.2) is 38.9 Å².